The zero-order chi connectivity index (χ0) is 38.1. The molecule has 6 aromatic carbocycles. The minimum atomic E-state index is -0.621. The van der Waals surface area contributed by atoms with Gasteiger partial charge in [-0.05, 0) is 63.0 Å². The fourth-order valence-corrected chi connectivity index (χ4v) is 10.8. The van der Waals surface area contributed by atoms with E-state index in [-0.39, 0.29) is 0 Å². The summed E-state index contributed by atoms with van der Waals surface area (Å²) in [4.78, 5) is 9.73. The van der Waals surface area contributed by atoms with Crippen molar-refractivity contribution in [3.05, 3.63) is 193 Å². The van der Waals surface area contributed by atoms with Gasteiger partial charge in [0.05, 0.1) is 11.0 Å². The van der Waals surface area contributed by atoms with Crippen LogP contribution in [0.25, 0.3) is 21.8 Å². The Morgan fingerprint density at radius 3 is 0.907 bits per heavy atom. The van der Waals surface area contributed by atoms with Crippen LogP contribution in [0.4, 0.5) is 0 Å². The Morgan fingerprint density at radius 1 is 0.352 bits per heavy atom. The molecule has 0 amide bonds. The van der Waals surface area contributed by atoms with Crippen molar-refractivity contribution >= 4 is 110 Å². The second kappa shape index (κ2) is 22.6. The molecular weight excluding hydrogens is 878 g/mol. The fraction of sp³-hybridized carbons (Fsp3) is 0.0455. The summed E-state index contributed by atoms with van der Waals surface area (Å²) in [6.07, 6.45) is 0. The molecule has 0 saturated carbocycles. The number of rotatable bonds is 6. The van der Waals surface area contributed by atoms with Crippen LogP contribution >= 0.6 is 56.6 Å². The van der Waals surface area contributed by atoms with E-state index in [9.17, 15) is 0 Å². The molecule has 0 radical (unpaired) electrons. The summed E-state index contributed by atoms with van der Waals surface area (Å²) in [5, 5.41) is 10.5. The van der Waals surface area contributed by atoms with Crippen LogP contribution < -0.4 is 31.8 Å². The molecule has 0 N–H and O–H groups in total. The molecule has 0 fully saturated rings. The van der Waals surface area contributed by atoms with E-state index in [2.05, 4.69) is 196 Å². The van der Waals surface area contributed by atoms with Crippen LogP contribution in [0.3, 0.4) is 0 Å². The second-order valence-electron chi connectivity index (χ2n) is 11.7. The third-order valence-electron chi connectivity index (χ3n) is 8.22. The van der Waals surface area contributed by atoms with Crippen LogP contribution in [-0.2, 0) is 25.3 Å². The number of para-hydroxylation sites is 2. The first-order valence-corrected chi connectivity index (χ1v) is 24.8. The first-order chi connectivity index (χ1) is 26.5. The van der Waals surface area contributed by atoms with Gasteiger partial charge in [0.2, 0.25) is 0 Å². The fourth-order valence-electron chi connectivity index (χ4n) is 5.98. The van der Waals surface area contributed by atoms with Gasteiger partial charge >= 0.3 is 66.1 Å². The number of halogens is 4. The number of aromatic nitrogens is 2. The standard InChI is InChI=1S/2C22H18NP.4ClH.2Ni/c2*1-17-15-16-18-9-8-14-21(22(18)23-17)24(19-10-4-2-5-11-19)20-12-6-3-7-13-20;;;;;;/h2*2-16H,1H3;4*1H;;/q;;;;;;2*+2/p-4. The number of aryl methyl sites for hydroxylation is 2. The summed E-state index contributed by atoms with van der Waals surface area (Å²) < 4.78 is 0. The molecule has 0 aliphatic heterocycles. The zero-order valence-corrected chi connectivity index (χ0v) is 36.0. The van der Waals surface area contributed by atoms with Crippen LogP contribution in [-0.4, -0.2) is 9.97 Å². The molecule has 280 valence electrons. The van der Waals surface area contributed by atoms with Gasteiger partial charge in [-0.25, -0.2) is 0 Å². The van der Waals surface area contributed by atoms with E-state index in [4.69, 9.17) is 50.7 Å². The van der Waals surface area contributed by atoms with Gasteiger partial charge in [0.25, 0.3) is 0 Å². The third kappa shape index (κ3) is 11.6. The Hall–Kier alpha value is -2.85. The number of hydrogen-bond acceptors (Lipinski definition) is 2. The van der Waals surface area contributed by atoms with Crippen LogP contribution in [0.2, 0.25) is 0 Å². The number of hydrogen-bond donors (Lipinski definition) is 0. The van der Waals surface area contributed by atoms with Gasteiger partial charge in [-0.3, -0.25) is 9.97 Å². The van der Waals surface area contributed by atoms with E-state index in [1.807, 2.05) is 0 Å². The van der Waals surface area contributed by atoms with E-state index in [1.54, 1.807) is 0 Å². The minimum absolute atomic E-state index is 0.569. The number of benzene rings is 6. The Labute approximate surface area is 349 Å². The summed E-state index contributed by atoms with van der Waals surface area (Å²) in [7, 11) is 17.6. The Kier molecular flexibility index (Phi) is 17.7. The van der Waals surface area contributed by atoms with E-state index in [1.165, 1.54) is 42.6 Å². The van der Waals surface area contributed by atoms with E-state index >= 15 is 0 Å². The molecule has 8 rings (SSSR count). The molecule has 0 bridgehead atoms. The van der Waals surface area contributed by atoms with Gasteiger partial charge in [0, 0.05) is 32.8 Å². The Morgan fingerprint density at radius 2 is 0.630 bits per heavy atom. The summed E-state index contributed by atoms with van der Waals surface area (Å²) in [6, 6.07) is 64.7. The molecule has 0 aliphatic rings. The first kappa shape index (κ1) is 42.3. The molecule has 0 aliphatic carbocycles. The first-order valence-electron chi connectivity index (χ1n) is 16.7. The maximum absolute atomic E-state index is 4.86. The number of nitrogens with zero attached hydrogens (tertiary/aromatic N) is 2. The van der Waals surface area contributed by atoms with Gasteiger partial charge < -0.3 is 0 Å². The summed E-state index contributed by atoms with van der Waals surface area (Å²) in [6.45, 7) is 4.12. The van der Waals surface area contributed by atoms with Gasteiger partial charge in [0.15, 0.2) is 0 Å². The third-order valence-corrected chi connectivity index (χ3v) is 13.2. The summed E-state index contributed by atoms with van der Waals surface area (Å²) >= 11 is 1.14. The van der Waals surface area contributed by atoms with Crippen molar-refractivity contribution < 1.29 is 25.3 Å². The van der Waals surface area contributed by atoms with Crippen LogP contribution in [0.15, 0.2) is 182 Å². The molecule has 0 spiro atoms. The molecule has 0 saturated heterocycles. The molecule has 10 heteroatoms. The van der Waals surface area contributed by atoms with Crippen molar-refractivity contribution in [1.29, 1.82) is 0 Å². The van der Waals surface area contributed by atoms with Crippen molar-refractivity contribution in [3.63, 3.8) is 0 Å². The van der Waals surface area contributed by atoms with Gasteiger partial charge in [-0.15, -0.1) is 0 Å². The van der Waals surface area contributed by atoms with Crippen molar-refractivity contribution in [3.8, 4) is 0 Å². The van der Waals surface area contributed by atoms with Crippen molar-refractivity contribution in [2.24, 2.45) is 0 Å². The van der Waals surface area contributed by atoms with E-state index in [0.29, 0.717) is 25.3 Å². The van der Waals surface area contributed by atoms with Crippen LogP contribution in [0.1, 0.15) is 11.4 Å². The Bertz CT molecular complexity index is 2080. The Balaban J connectivity index is 0.000000182. The zero-order valence-electron chi connectivity index (χ0n) is 29.3. The molecule has 2 heterocycles. The van der Waals surface area contributed by atoms with Gasteiger partial charge in [-0.1, -0.05) is 170 Å². The van der Waals surface area contributed by atoms with E-state index < -0.39 is 15.8 Å². The van der Waals surface area contributed by atoms with E-state index in [0.717, 1.165) is 22.4 Å². The van der Waals surface area contributed by atoms with Gasteiger partial charge in [-0.2, -0.15) is 0 Å². The monoisotopic (exact) mass is 910 g/mol. The maximum atomic E-state index is 4.86. The SMILES string of the molecule is Cc1ccc2cccc(P(c3ccccc3)c3ccccc3)c2n1.Cc1ccc2cccc(P(c3ccccc3)c3ccccc3)c2n1.[Cl][Ni][Cl].[Cl][Ni][Cl]. The van der Waals surface area contributed by atoms with Crippen LogP contribution in [0.5, 0.6) is 0 Å². The molecule has 8 aromatic rings. The number of pyridine rings is 2. The van der Waals surface area contributed by atoms with Crippen LogP contribution in [0, 0.1) is 13.8 Å². The molecule has 2 aromatic heterocycles. The average Bonchev–Trinajstić information content (AvgIpc) is 3.21. The molecule has 2 nitrogen and oxygen atoms in total. The van der Waals surface area contributed by atoms with Crippen molar-refractivity contribution in [2.75, 3.05) is 0 Å². The summed E-state index contributed by atoms with van der Waals surface area (Å²) in [5.41, 5.74) is 4.37. The predicted molar refractivity (Wildman–Crippen MR) is 234 cm³/mol. The molecule has 0 unspecified atom stereocenters. The molecule has 0 atom stereocenters. The van der Waals surface area contributed by atoms with Gasteiger partial charge in [0.1, 0.15) is 0 Å². The quantitative estimate of drug-likeness (QED) is 0.123. The molecule has 54 heavy (non-hydrogen) atoms. The predicted octanol–water partition coefficient (Wildman–Crippen LogP) is 11.4. The van der Waals surface area contributed by atoms with Crippen molar-refractivity contribution in [1.82, 2.24) is 9.97 Å². The number of fused-ring (bicyclic) bond motifs is 2. The summed E-state index contributed by atoms with van der Waals surface area (Å²) in [5.74, 6) is 0. The second-order valence-corrected chi connectivity index (χ2v) is 19.3. The topological polar surface area (TPSA) is 25.8 Å². The van der Waals surface area contributed by atoms with Crippen molar-refractivity contribution in [2.45, 2.75) is 13.8 Å². The molecular formula is C44H36Cl4N2Ni2P2. The average molecular weight is 914 g/mol. The normalized spacial score (nSPS) is 10.7.